The van der Waals surface area contributed by atoms with Gasteiger partial charge in [-0.05, 0) is 26.0 Å². The van der Waals surface area contributed by atoms with Gasteiger partial charge in [-0.2, -0.15) is 0 Å². The molecule has 84 valence electrons. The van der Waals surface area contributed by atoms with Gasteiger partial charge in [0, 0.05) is 17.9 Å². The average Bonchev–Trinajstić information content (AvgIpc) is 2.65. The van der Waals surface area contributed by atoms with Crippen molar-refractivity contribution in [1.82, 2.24) is 10.2 Å². The van der Waals surface area contributed by atoms with Crippen molar-refractivity contribution in [2.45, 2.75) is 20.3 Å². The summed E-state index contributed by atoms with van der Waals surface area (Å²) in [4.78, 5) is 0. The van der Waals surface area contributed by atoms with Gasteiger partial charge < -0.3 is 0 Å². The van der Waals surface area contributed by atoms with E-state index in [1.54, 1.807) is 11.3 Å². The van der Waals surface area contributed by atoms with Crippen molar-refractivity contribution in [3.8, 4) is 10.6 Å². The van der Waals surface area contributed by atoms with Gasteiger partial charge in [0.1, 0.15) is 10.0 Å². The summed E-state index contributed by atoms with van der Waals surface area (Å²) in [6.07, 6.45) is 0.796. The Morgan fingerprint density at radius 1 is 1.12 bits per heavy atom. The largest absolute Gasteiger partial charge is 0.147 e. The average molecular weight is 253 g/mol. The zero-order chi connectivity index (χ0) is 11.5. The van der Waals surface area contributed by atoms with Crippen molar-refractivity contribution in [2.75, 3.05) is 5.88 Å². The van der Waals surface area contributed by atoms with Crippen LogP contribution in [0.15, 0.2) is 18.2 Å². The van der Waals surface area contributed by atoms with Crippen LogP contribution in [0.25, 0.3) is 10.6 Å². The molecule has 2 aromatic rings. The molecular formula is C12H13ClN2S. The van der Waals surface area contributed by atoms with Gasteiger partial charge in [0.25, 0.3) is 0 Å². The van der Waals surface area contributed by atoms with Crippen LogP contribution in [0.5, 0.6) is 0 Å². The molecule has 4 heteroatoms. The molecule has 0 bridgehead atoms. The number of benzene rings is 1. The predicted molar refractivity (Wildman–Crippen MR) is 69.2 cm³/mol. The minimum Gasteiger partial charge on any atom is -0.143 e. The van der Waals surface area contributed by atoms with Gasteiger partial charge in [0.05, 0.1) is 0 Å². The summed E-state index contributed by atoms with van der Waals surface area (Å²) in [5, 5.41) is 10.3. The lowest BCUT2D eigenvalue weighted by Gasteiger charge is -2.00. The van der Waals surface area contributed by atoms with Gasteiger partial charge in [0.2, 0.25) is 0 Å². The van der Waals surface area contributed by atoms with Crippen molar-refractivity contribution in [3.63, 3.8) is 0 Å². The van der Waals surface area contributed by atoms with E-state index in [0.717, 1.165) is 22.0 Å². The second kappa shape index (κ2) is 4.93. The first-order valence-electron chi connectivity index (χ1n) is 5.16. The fourth-order valence-electron chi connectivity index (χ4n) is 1.65. The summed E-state index contributed by atoms with van der Waals surface area (Å²) in [7, 11) is 0. The fourth-order valence-corrected chi connectivity index (χ4v) is 2.77. The van der Waals surface area contributed by atoms with Crippen molar-refractivity contribution in [3.05, 3.63) is 34.3 Å². The van der Waals surface area contributed by atoms with Crippen LogP contribution in [0.4, 0.5) is 0 Å². The summed E-state index contributed by atoms with van der Waals surface area (Å²) in [5.41, 5.74) is 3.66. The lowest BCUT2D eigenvalue weighted by Crippen LogP contribution is -1.83. The molecule has 0 saturated carbocycles. The third kappa shape index (κ3) is 2.60. The summed E-state index contributed by atoms with van der Waals surface area (Å²) in [5.74, 6) is 0.599. The van der Waals surface area contributed by atoms with Crippen LogP contribution < -0.4 is 0 Å². The Morgan fingerprint density at radius 3 is 2.44 bits per heavy atom. The van der Waals surface area contributed by atoms with Gasteiger partial charge in [-0.3, -0.25) is 0 Å². The van der Waals surface area contributed by atoms with Gasteiger partial charge in [-0.25, -0.2) is 0 Å². The second-order valence-corrected chi connectivity index (χ2v) is 5.26. The smallest absolute Gasteiger partial charge is 0.143 e. The molecule has 16 heavy (non-hydrogen) atoms. The van der Waals surface area contributed by atoms with Crippen LogP contribution in [-0.4, -0.2) is 16.1 Å². The van der Waals surface area contributed by atoms with Crippen LogP contribution >= 0.6 is 22.9 Å². The Hall–Kier alpha value is -0.930. The minimum atomic E-state index is 0.599. The Labute approximate surface area is 104 Å². The second-order valence-electron chi connectivity index (χ2n) is 3.82. The highest BCUT2D eigenvalue weighted by Crippen LogP contribution is 2.25. The first-order chi connectivity index (χ1) is 7.69. The molecule has 0 spiro atoms. The fraction of sp³-hybridized carbons (Fsp3) is 0.333. The number of aromatic nitrogens is 2. The number of hydrogen-bond acceptors (Lipinski definition) is 3. The van der Waals surface area contributed by atoms with E-state index in [1.807, 2.05) is 0 Å². The third-order valence-corrected chi connectivity index (χ3v) is 3.46. The van der Waals surface area contributed by atoms with Crippen molar-refractivity contribution >= 4 is 22.9 Å². The molecule has 1 heterocycles. The molecule has 2 rings (SSSR count). The standard InChI is InChI=1S/C12H13ClN2S/c1-8-5-9(2)7-10(6-8)12-15-14-11(16-12)3-4-13/h5-7H,3-4H2,1-2H3. The van der Waals surface area contributed by atoms with E-state index in [9.17, 15) is 0 Å². The number of halogens is 1. The topological polar surface area (TPSA) is 25.8 Å². The Balaban J connectivity index is 2.34. The monoisotopic (exact) mass is 252 g/mol. The first-order valence-corrected chi connectivity index (χ1v) is 6.51. The summed E-state index contributed by atoms with van der Waals surface area (Å²) in [6.45, 7) is 4.19. The molecule has 0 atom stereocenters. The number of hydrogen-bond donors (Lipinski definition) is 0. The molecule has 0 aliphatic heterocycles. The van der Waals surface area contributed by atoms with Crippen molar-refractivity contribution in [1.29, 1.82) is 0 Å². The van der Waals surface area contributed by atoms with Crippen molar-refractivity contribution in [2.24, 2.45) is 0 Å². The molecule has 1 aromatic heterocycles. The maximum atomic E-state index is 5.68. The molecule has 0 fully saturated rings. The molecule has 0 aliphatic rings. The number of rotatable bonds is 3. The van der Waals surface area contributed by atoms with Crippen LogP contribution in [0.2, 0.25) is 0 Å². The number of aryl methyl sites for hydroxylation is 3. The van der Waals surface area contributed by atoms with E-state index in [2.05, 4.69) is 42.2 Å². The SMILES string of the molecule is Cc1cc(C)cc(-c2nnc(CCCl)s2)c1. The van der Waals surface area contributed by atoms with Crippen molar-refractivity contribution < 1.29 is 0 Å². The van der Waals surface area contributed by atoms with E-state index in [1.165, 1.54) is 11.1 Å². The Morgan fingerprint density at radius 2 is 1.81 bits per heavy atom. The van der Waals surface area contributed by atoms with Crippen LogP contribution in [-0.2, 0) is 6.42 Å². The maximum absolute atomic E-state index is 5.68. The lowest BCUT2D eigenvalue weighted by molar-refractivity contribution is 0.989. The van der Waals surface area contributed by atoms with Gasteiger partial charge in [-0.15, -0.1) is 21.8 Å². The molecule has 0 radical (unpaired) electrons. The zero-order valence-electron chi connectivity index (χ0n) is 9.33. The molecule has 2 nitrogen and oxygen atoms in total. The highest BCUT2D eigenvalue weighted by molar-refractivity contribution is 7.14. The van der Waals surface area contributed by atoms with Crippen LogP contribution in [0.3, 0.4) is 0 Å². The summed E-state index contributed by atoms with van der Waals surface area (Å²) in [6, 6.07) is 6.43. The zero-order valence-corrected chi connectivity index (χ0v) is 10.9. The van der Waals surface area contributed by atoms with Gasteiger partial charge in [-0.1, -0.05) is 28.5 Å². The normalized spacial score (nSPS) is 10.7. The van der Waals surface area contributed by atoms with Crippen LogP contribution in [0, 0.1) is 13.8 Å². The molecule has 1 aromatic carbocycles. The van der Waals surface area contributed by atoms with E-state index >= 15 is 0 Å². The molecule has 0 unspecified atom stereocenters. The number of alkyl halides is 1. The minimum absolute atomic E-state index is 0.599. The van der Waals surface area contributed by atoms with Crippen LogP contribution in [0.1, 0.15) is 16.1 Å². The van der Waals surface area contributed by atoms with Gasteiger partial charge in [0.15, 0.2) is 0 Å². The van der Waals surface area contributed by atoms with E-state index in [4.69, 9.17) is 11.6 Å². The molecule has 0 amide bonds. The first kappa shape index (κ1) is 11.6. The molecule has 0 aliphatic carbocycles. The van der Waals surface area contributed by atoms with E-state index in [0.29, 0.717) is 5.88 Å². The summed E-state index contributed by atoms with van der Waals surface area (Å²) >= 11 is 7.30. The van der Waals surface area contributed by atoms with E-state index in [-0.39, 0.29) is 0 Å². The summed E-state index contributed by atoms with van der Waals surface area (Å²) < 4.78 is 0. The predicted octanol–water partition coefficient (Wildman–Crippen LogP) is 3.60. The highest BCUT2D eigenvalue weighted by atomic mass is 35.5. The van der Waals surface area contributed by atoms with Gasteiger partial charge >= 0.3 is 0 Å². The molecule has 0 saturated heterocycles. The maximum Gasteiger partial charge on any atom is 0.147 e. The Kier molecular flexibility index (Phi) is 3.56. The molecular weight excluding hydrogens is 240 g/mol. The quantitative estimate of drug-likeness (QED) is 0.780. The number of nitrogens with zero attached hydrogens (tertiary/aromatic N) is 2. The van der Waals surface area contributed by atoms with E-state index < -0.39 is 0 Å². The highest BCUT2D eigenvalue weighted by Gasteiger charge is 2.06. The lowest BCUT2D eigenvalue weighted by atomic mass is 10.1. The third-order valence-electron chi connectivity index (χ3n) is 2.24. The molecule has 0 N–H and O–H groups in total. The Bertz CT molecular complexity index is 473.